The van der Waals surface area contributed by atoms with Crippen LogP contribution in [0.2, 0.25) is 0 Å². The van der Waals surface area contributed by atoms with Gasteiger partial charge in [-0.05, 0) is 19.8 Å². The summed E-state index contributed by atoms with van der Waals surface area (Å²) in [5.41, 5.74) is 0. The highest BCUT2D eigenvalue weighted by Gasteiger charge is 2.07. The van der Waals surface area contributed by atoms with E-state index in [-0.39, 0.29) is 6.10 Å². The van der Waals surface area contributed by atoms with E-state index >= 15 is 0 Å². The van der Waals surface area contributed by atoms with E-state index in [4.69, 9.17) is 14.6 Å². The van der Waals surface area contributed by atoms with E-state index < -0.39 is 6.10 Å². The zero-order chi connectivity index (χ0) is 10.3. The van der Waals surface area contributed by atoms with Crippen LogP contribution in [0.25, 0.3) is 0 Å². The molecule has 1 N–H and O–H groups in total. The molecule has 0 aliphatic rings. The van der Waals surface area contributed by atoms with Crippen molar-refractivity contribution >= 4 is 0 Å². The number of hydrogen-bond donors (Lipinski definition) is 1. The third-order valence-corrected chi connectivity index (χ3v) is 1.74. The van der Waals surface area contributed by atoms with E-state index in [1.165, 1.54) is 0 Å². The minimum absolute atomic E-state index is 0.109. The number of rotatable bonds is 7. The summed E-state index contributed by atoms with van der Waals surface area (Å²) in [6, 6.07) is 0. The summed E-state index contributed by atoms with van der Waals surface area (Å²) >= 11 is 0. The summed E-state index contributed by atoms with van der Waals surface area (Å²) in [5.74, 6) is 0.564. The van der Waals surface area contributed by atoms with Gasteiger partial charge < -0.3 is 14.6 Å². The molecule has 13 heavy (non-hydrogen) atoms. The molecule has 0 radical (unpaired) electrons. The zero-order valence-corrected chi connectivity index (χ0v) is 9.12. The fraction of sp³-hybridized carbons (Fsp3) is 1.00. The Morgan fingerprint density at radius 1 is 1.08 bits per heavy atom. The minimum atomic E-state index is -0.412. The SMILES string of the molecule is CC(C)COCCOC(C)[C@@H](C)O. The highest BCUT2D eigenvalue weighted by Crippen LogP contribution is 1.97. The standard InChI is InChI=1S/C10H22O3/c1-8(2)7-12-5-6-13-10(4)9(3)11/h8-11H,5-7H2,1-4H3/t9-,10?/m1/s1. The summed E-state index contributed by atoms with van der Waals surface area (Å²) in [5, 5.41) is 9.10. The second kappa shape index (κ2) is 7.30. The van der Waals surface area contributed by atoms with Crippen LogP contribution >= 0.6 is 0 Å². The van der Waals surface area contributed by atoms with Gasteiger partial charge in [-0.1, -0.05) is 13.8 Å². The first-order chi connectivity index (χ1) is 6.04. The van der Waals surface area contributed by atoms with Crippen molar-refractivity contribution in [1.29, 1.82) is 0 Å². The Bertz CT molecular complexity index is 113. The average molecular weight is 190 g/mol. The Morgan fingerprint density at radius 3 is 2.15 bits per heavy atom. The Labute approximate surface area is 81.0 Å². The highest BCUT2D eigenvalue weighted by atomic mass is 16.5. The summed E-state index contributed by atoms with van der Waals surface area (Å²) < 4.78 is 10.6. The van der Waals surface area contributed by atoms with Crippen LogP contribution < -0.4 is 0 Å². The predicted molar refractivity (Wildman–Crippen MR) is 52.8 cm³/mol. The smallest absolute Gasteiger partial charge is 0.0804 e. The molecule has 0 aromatic carbocycles. The quantitative estimate of drug-likeness (QED) is 0.617. The molecule has 0 spiro atoms. The maximum absolute atomic E-state index is 9.10. The zero-order valence-electron chi connectivity index (χ0n) is 9.12. The van der Waals surface area contributed by atoms with Gasteiger partial charge in [0.25, 0.3) is 0 Å². The maximum Gasteiger partial charge on any atom is 0.0804 e. The van der Waals surface area contributed by atoms with Crippen molar-refractivity contribution in [2.24, 2.45) is 5.92 Å². The van der Waals surface area contributed by atoms with E-state index in [0.717, 1.165) is 6.61 Å². The number of ether oxygens (including phenoxy) is 2. The molecule has 2 atom stereocenters. The molecule has 0 saturated heterocycles. The molecule has 0 aromatic heterocycles. The van der Waals surface area contributed by atoms with E-state index in [0.29, 0.717) is 19.1 Å². The number of hydrogen-bond acceptors (Lipinski definition) is 3. The predicted octanol–water partition coefficient (Wildman–Crippen LogP) is 1.44. The first kappa shape index (κ1) is 12.9. The van der Waals surface area contributed by atoms with Gasteiger partial charge in [0.2, 0.25) is 0 Å². The fourth-order valence-electron chi connectivity index (χ4n) is 0.751. The summed E-state index contributed by atoms with van der Waals surface area (Å²) in [6.07, 6.45) is -0.521. The molecule has 0 aliphatic carbocycles. The van der Waals surface area contributed by atoms with Crippen LogP contribution in [0.5, 0.6) is 0 Å². The highest BCUT2D eigenvalue weighted by molar-refractivity contribution is 4.56. The molecule has 0 fully saturated rings. The van der Waals surface area contributed by atoms with Crippen molar-refractivity contribution in [2.75, 3.05) is 19.8 Å². The average Bonchev–Trinajstić information content (AvgIpc) is 2.02. The molecule has 0 bridgehead atoms. The normalized spacial score (nSPS) is 16.2. The second-order valence-electron chi connectivity index (χ2n) is 3.79. The largest absolute Gasteiger partial charge is 0.391 e. The Morgan fingerprint density at radius 2 is 1.69 bits per heavy atom. The molecular weight excluding hydrogens is 168 g/mol. The van der Waals surface area contributed by atoms with Crippen molar-refractivity contribution in [2.45, 2.75) is 39.9 Å². The Hall–Kier alpha value is -0.120. The van der Waals surface area contributed by atoms with Gasteiger partial charge in [-0.25, -0.2) is 0 Å². The van der Waals surface area contributed by atoms with Gasteiger partial charge in [0.1, 0.15) is 0 Å². The molecule has 0 aliphatic heterocycles. The molecule has 0 rings (SSSR count). The van der Waals surface area contributed by atoms with Crippen LogP contribution in [0.15, 0.2) is 0 Å². The van der Waals surface area contributed by atoms with Gasteiger partial charge in [-0.3, -0.25) is 0 Å². The van der Waals surface area contributed by atoms with Crippen LogP contribution in [0.3, 0.4) is 0 Å². The van der Waals surface area contributed by atoms with Crippen molar-refractivity contribution in [1.82, 2.24) is 0 Å². The van der Waals surface area contributed by atoms with Crippen LogP contribution in [-0.4, -0.2) is 37.1 Å². The number of aliphatic hydroxyl groups excluding tert-OH is 1. The van der Waals surface area contributed by atoms with Crippen molar-refractivity contribution < 1.29 is 14.6 Å². The van der Waals surface area contributed by atoms with Gasteiger partial charge in [0, 0.05) is 6.61 Å². The minimum Gasteiger partial charge on any atom is -0.391 e. The fourth-order valence-corrected chi connectivity index (χ4v) is 0.751. The summed E-state index contributed by atoms with van der Waals surface area (Å²) in [7, 11) is 0. The molecule has 3 heteroatoms. The topological polar surface area (TPSA) is 38.7 Å². The lowest BCUT2D eigenvalue weighted by molar-refractivity contribution is -0.0428. The van der Waals surface area contributed by atoms with E-state index in [1.807, 2.05) is 6.92 Å². The second-order valence-corrected chi connectivity index (χ2v) is 3.79. The van der Waals surface area contributed by atoms with Gasteiger partial charge in [0.15, 0.2) is 0 Å². The van der Waals surface area contributed by atoms with Crippen LogP contribution in [0.4, 0.5) is 0 Å². The monoisotopic (exact) mass is 190 g/mol. The third-order valence-electron chi connectivity index (χ3n) is 1.74. The molecule has 3 nitrogen and oxygen atoms in total. The lowest BCUT2D eigenvalue weighted by Crippen LogP contribution is -2.24. The van der Waals surface area contributed by atoms with Gasteiger partial charge in [-0.2, -0.15) is 0 Å². The number of aliphatic hydroxyl groups is 1. The van der Waals surface area contributed by atoms with E-state index in [2.05, 4.69) is 13.8 Å². The lowest BCUT2D eigenvalue weighted by Gasteiger charge is -2.15. The van der Waals surface area contributed by atoms with Crippen LogP contribution in [0.1, 0.15) is 27.7 Å². The van der Waals surface area contributed by atoms with Crippen LogP contribution in [-0.2, 0) is 9.47 Å². The van der Waals surface area contributed by atoms with Gasteiger partial charge in [-0.15, -0.1) is 0 Å². The van der Waals surface area contributed by atoms with Crippen LogP contribution in [0, 0.1) is 5.92 Å². The molecular formula is C10H22O3. The van der Waals surface area contributed by atoms with Gasteiger partial charge >= 0.3 is 0 Å². The summed E-state index contributed by atoms with van der Waals surface area (Å²) in [4.78, 5) is 0. The van der Waals surface area contributed by atoms with Crippen molar-refractivity contribution in [3.05, 3.63) is 0 Å². The first-order valence-corrected chi connectivity index (χ1v) is 4.91. The molecule has 0 aromatic rings. The van der Waals surface area contributed by atoms with E-state index in [9.17, 15) is 0 Å². The molecule has 1 unspecified atom stereocenters. The Kier molecular flexibility index (Phi) is 7.23. The van der Waals surface area contributed by atoms with Crippen molar-refractivity contribution in [3.63, 3.8) is 0 Å². The molecule has 0 amide bonds. The van der Waals surface area contributed by atoms with Gasteiger partial charge in [0.05, 0.1) is 25.4 Å². The molecule has 0 saturated carbocycles. The summed E-state index contributed by atoms with van der Waals surface area (Å²) in [6.45, 7) is 9.73. The molecule has 80 valence electrons. The lowest BCUT2D eigenvalue weighted by atomic mass is 10.2. The maximum atomic E-state index is 9.10. The first-order valence-electron chi connectivity index (χ1n) is 4.91. The van der Waals surface area contributed by atoms with E-state index in [1.54, 1.807) is 6.92 Å². The van der Waals surface area contributed by atoms with Crippen molar-refractivity contribution in [3.8, 4) is 0 Å². The Balaban J connectivity index is 3.16. The molecule has 0 heterocycles. The third kappa shape index (κ3) is 8.22.